The normalized spacial score (nSPS) is 12.3. The smallest absolute Gasteiger partial charge is 0.308 e. The van der Waals surface area contributed by atoms with Gasteiger partial charge < -0.3 is 20.9 Å². The van der Waals surface area contributed by atoms with Crippen LogP contribution in [0.25, 0.3) is 0 Å². The second kappa shape index (κ2) is 6.76. The number of carboxylic acids is 1. The Labute approximate surface area is 125 Å². The fourth-order valence-corrected chi connectivity index (χ4v) is 2.35. The van der Waals surface area contributed by atoms with Crippen molar-refractivity contribution in [1.82, 2.24) is 0 Å². The molecule has 1 amide bonds. The molecule has 0 atom stereocenters. The summed E-state index contributed by atoms with van der Waals surface area (Å²) >= 11 is 1.47. The van der Waals surface area contributed by atoms with Gasteiger partial charge in [-0.1, -0.05) is 6.07 Å². The van der Waals surface area contributed by atoms with E-state index in [-0.39, 0.29) is 18.9 Å². The molecule has 0 unspecified atom stereocenters. The largest absolute Gasteiger partial charge is 0.482 e. The van der Waals surface area contributed by atoms with Crippen molar-refractivity contribution in [3.63, 3.8) is 0 Å². The lowest BCUT2D eigenvalue weighted by atomic mass is 10.2. The van der Waals surface area contributed by atoms with E-state index in [9.17, 15) is 9.59 Å². The third kappa shape index (κ3) is 4.50. The molecule has 0 bridgehead atoms. The van der Waals surface area contributed by atoms with Crippen LogP contribution in [0.2, 0.25) is 0 Å². The van der Waals surface area contributed by atoms with Crippen molar-refractivity contribution < 1.29 is 19.4 Å². The molecule has 6 nitrogen and oxygen atoms in total. The Balaban J connectivity index is 0.000000161. The van der Waals surface area contributed by atoms with Crippen molar-refractivity contribution in [2.45, 2.75) is 6.42 Å². The van der Waals surface area contributed by atoms with Crippen molar-refractivity contribution in [3.05, 3.63) is 40.6 Å². The van der Waals surface area contributed by atoms with Gasteiger partial charge in [0.05, 0.1) is 12.1 Å². The van der Waals surface area contributed by atoms with E-state index in [2.05, 4.69) is 5.32 Å². The molecule has 21 heavy (non-hydrogen) atoms. The van der Waals surface area contributed by atoms with Gasteiger partial charge in [-0.3, -0.25) is 9.59 Å². The van der Waals surface area contributed by atoms with Crippen LogP contribution >= 0.6 is 11.3 Å². The van der Waals surface area contributed by atoms with E-state index in [1.54, 1.807) is 18.2 Å². The lowest BCUT2D eigenvalue weighted by molar-refractivity contribution is -0.136. The van der Waals surface area contributed by atoms with Gasteiger partial charge in [0.1, 0.15) is 5.75 Å². The Morgan fingerprint density at radius 3 is 2.90 bits per heavy atom. The lowest BCUT2D eigenvalue weighted by Crippen LogP contribution is -2.25. The van der Waals surface area contributed by atoms with Gasteiger partial charge in [-0.2, -0.15) is 0 Å². The number of nitrogens with one attached hydrogen (secondary N) is 1. The van der Waals surface area contributed by atoms with Gasteiger partial charge in [0.2, 0.25) is 0 Å². The minimum atomic E-state index is -0.766. The van der Waals surface area contributed by atoms with Crippen LogP contribution in [0.15, 0.2) is 35.7 Å². The summed E-state index contributed by atoms with van der Waals surface area (Å²) < 4.78 is 5.12. The number of ether oxygens (including phenoxy) is 1. The number of hydrogen-bond acceptors (Lipinski definition) is 5. The van der Waals surface area contributed by atoms with Crippen LogP contribution in [-0.4, -0.2) is 23.6 Å². The second-order valence-electron chi connectivity index (χ2n) is 4.24. The molecule has 0 saturated heterocycles. The second-order valence-corrected chi connectivity index (χ2v) is 5.27. The van der Waals surface area contributed by atoms with Crippen LogP contribution < -0.4 is 15.8 Å². The summed E-state index contributed by atoms with van der Waals surface area (Å²) in [6.45, 7) is 0.0659. The third-order valence-corrected chi connectivity index (χ3v) is 3.42. The Bertz CT molecular complexity index is 640. The van der Waals surface area contributed by atoms with E-state index >= 15 is 0 Å². The number of carbonyl (C=O) groups is 2. The van der Waals surface area contributed by atoms with Gasteiger partial charge in [-0.25, -0.2) is 0 Å². The molecule has 1 aromatic carbocycles. The zero-order valence-electron chi connectivity index (χ0n) is 11.0. The minimum Gasteiger partial charge on any atom is -0.482 e. The van der Waals surface area contributed by atoms with Crippen molar-refractivity contribution in [2.24, 2.45) is 0 Å². The van der Waals surface area contributed by atoms with E-state index in [1.165, 1.54) is 11.3 Å². The van der Waals surface area contributed by atoms with E-state index < -0.39 is 5.97 Å². The molecule has 0 fully saturated rings. The van der Waals surface area contributed by atoms with Gasteiger partial charge in [0.15, 0.2) is 6.61 Å². The first-order chi connectivity index (χ1) is 10.0. The highest BCUT2D eigenvalue weighted by atomic mass is 32.1. The maximum absolute atomic E-state index is 10.8. The highest BCUT2D eigenvalue weighted by molar-refractivity contribution is 7.10. The summed E-state index contributed by atoms with van der Waals surface area (Å²) in [5.41, 5.74) is 6.83. The summed E-state index contributed by atoms with van der Waals surface area (Å²) in [7, 11) is 0. The summed E-state index contributed by atoms with van der Waals surface area (Å²) in [4.78, 5) is 21.8. The molecule has 0 aliphatic carbocycles. The van der Waals surface area contributed by atoms with Crippen LogP contribution in [-0.2, 0) is 16.0 Å². The summed E-state index contributed by atoms with van der Waals surface area (Å²) in [5, 5.41) is 12.8. The SMILES string of the molecule is Nc1ccc2c(c1)OCC(=O)N2.O=C(O)Cc1cccs1. The number of anilines is 2. The molecule has 0 spiro atoms. The number of nitrogen functional groups attached to an aromatic ring is 1. The van der Waals surface area contributed by atoms with Crippen LogP contribution in [0.1, 0.15) is 4.88 Å². The fourth-order valence-electron chi connectivity index (χ4n) is 1.65. The van der Waals surface area contributed by atoms with Gasteiger partial charge >= 0.3 is 5.97 Å². The average Bonchev–Trinajstić information content (AvgIpc) is 2.92. The fraction of sp³-hybridized carbons (Fsp3) is 0.143. The quantitative estimate of drug-likeness (QED) is 0.736. The number of thiophene rings is 1. The van der Waals surface area contributed by atoms with E-state index in [1.807, 2.05) is 17.5 Å². The molecule has 0 radical (unpaired) electrons. The highest BCUT2D eigenvalue weighted by Crippen LogP contribution is 2.29. The number of carbonyl (C=O) groups excluding carboxylic acids is 1. The molecule has 110 valence electrons. The third-order valence-electron chi connectivity index (χ3n) is 2.54. The van der Waals surface area contributed by atoms with Crippen molar-refractivity contribution in [1.29, 1.82) is 0 Å². The van der Waals surface area contributed by atoms with Gasteiger partial charge in [0.25, 0.3) is 5.91 Å². The van der Waals surface area contributed by atoms with E-state index in [4.69, 9.17) is 15.6 Å². The summed E-state index contributed by atoms with van der Waals surface area (Å²) in [5.74, 6) is -0.265. The van der Waals surface area contributed by atoms with Gasteiger partial charge in [-0.05, 0) is 23.6 Å². The molecular weight excluding hydrogens is 292 g/mol. The standard InChI is InChI=1S/C8H8N2O2.C6H6O2S/c9-5-1-2-6-7(3-5)12-4-8(11)10-6;7-6(8)4-5-2-1-3-9-5/h1-3H,4,9H2,(H,10,11);1-3H,4H2,(H,7,8). The molecule has 4 N–H and O–H groups in total. The van der Waals surface area contributed by atoms with E-state index in [0.717, 1.165) is 4.88 Å². The molecule has 1 aromatic heterocycles. The van der Waals surface area contributed by atoms with Crippen molar-refractivity contribution in [3.8, 4) is 5.75 Å². The Morgan fingerprint density at radius 2 is 2.24 bits per heavy atom. The number of nitrogens with two attached hydrogens (primary N) is 1. The number of rotatable bonds is 2. The van der Waals surface area contributed by atoms with Crippen molar-refractivity contribution in [2.75, 3.05) is 17.7 Å². The molecule has 7 heteroatoms. The Morgan fingerprint density at radius 1 is 1.43 bits per heavy atom. The van der Waals surface area contributed by atoms with Crippen molar-refractivity contribution >= 4 is 34.6 Å². The number of hydrogen-bond donors (Lipinski definition) is 3. The monoisotopic (exact) mass is 306 g/mol. The first-order valence-electron chi connectivity index (χ1n) is 6.11. The number of carboxylic acid groups (broad SMARTS) is 1. The molecule has 3 rings (SSSR count). The van der Waals surface area contributed by atoms with Crippen LogP contribution in [0.3, 0.4) is 0 Å². The number of benzene rings is 1. The predicted octanol–water partition coefficient (Wildman–Crippen LogP) is 1.97. The number of amides is 1. The topological polar surface area (TPSA) is 102 Å². The first-order valence-corrected chi connectivity index (χ1v) is 6.99. The molecule has 1 aliphatic rings. The lowest BCUT2D eigenvalue weighted by Gasteiger charge is -2.17. The summed E-state index contributed by atoms with van der Waals surface area (Å²) in [6.07, 6.45) is 0.150. The van der Waals surface area contributed by atoms with Crippen LogP contribution in [0.5, 0.6) is 5.75 Å². The Hall–Kier alpha value is -2.54. The maximum atomic E-state index is 10.8. The molecule has 2 heterocycles. The molecule has 2 aromatic rings. The molecule has 1 aliphatic heterocycles. The van der Waals surface area contributed by atoms with Crippen LogP contribution in [0.4, 0.5) is 11.4 Å². The maximum Gasteiger partial charge on any atom is 0.308 e. The highest BCUT2D eigenvalue weighted by Gasteiger charge is 2.14. The van der Waals surface area contributed by atoms with Crippen LogP contribution in [0, 0.1) is 0 Å². The Kier molecular flexibility index (Phi) is 4.78. The first kappa shape index (κ1) is 14.9. The van der Waals surface area contributed by atoms with Gasteiger partial charge in [-0.15, -0.1) is 11.3 Å². The zero-order valence-corrected chi connectivity index (χ0v) is 11.9. The minimum absolute atomic E-state index is 0.0659. The molecule has 0 saturated carbocycles. The van der Waals surface area contributed by atoms with E-state index in [0.29, 0.717) is 17.1 Å². The zero-order chi connectivity index (χ0) is 15.2. The summed E-state index contributed by atoms with van der Waals surface area (Å²) in [6, 6.07) is 8.80. The molecular formula is C14H14N2O4S. The predicted molar refractivity (Wildman–Crippen MR) is 80.6 cm³/mol. The number of aliphatic carboxylic acids is 1. The number of fused-ring (bicyclic) bond motifs is 1. The van der Waals surface area contributed by atoms with Gasteiger partial charge in [0, 0.05) is 16.6 Å². The average molecular weight is 306 g/mol.